The molecule has 0 aromatic carbocycles. The van der Waals surface area contributed by atoms with E-state index in [1.807, 2.05) is 0 Å². The van der Waals surface area contributed by atoms with Gasteiger partial charge in [0.15, 0.2) is 17.3 Å². The fourth-order valence-electron chi connectivity index (χ4n) is 1.63. The third kappa shape index (κ3) is 1.26. The Bertz CT molecular complexity index is 372. The molecule has 3 nitrogen and oxygen atoms in total. The van der Waals surface area contributed by atoms with Crippen molar-refractivity contribution in [1.29, 1.82) is 0 Å². The van der Waals surface area contributed by atoms with Crippen LogP contribution >= 0.6 is 0 Å². The van der Waals surface area contributed by atoms with Gasteiger partial charge in [-0.25, -0.2) is 0 Å². The van der Waals surface area contributed by atoms with Crippen LogP contribution in [-0.2, 0) is 14.4 Å². The molecule has 0 spiro atoms. The Kier molecular flexibility index (Phi) is 1.72. The van der Waals surface area contributed by atoms with Crippen molar-refractivity contribution in [1.82, 2.24) is 0 Å². The van der Waals surface area contributed by atoms with Crippen LogP contribution in [0.15, 0.2) is 23.3 Å². The Morgan fingerprint density at radius 2 is 1.62 bits per heavy atom. The average Bonchev–Trinajstić information content (AvgIpc) is 2.12. The zero-order chi connectivity index (χ0) is 9.42. The molecule has 0 N–H and O–H groups in total. The van der Waals surface area contributed by atoms with Gasteiger partial charge in [0.1, 0.15) is 0 Å². The summed E-state index contributed by atoms with van der Waals surface area (Å²) in [4.78, 5) is 33.6. The van der Waals surface area contributed by atoms with Gasteiger partial charge in [0.2, 0.25) is 0 Å². The summed E-state index contributed by atoms with van der Waals surface area (Å²) in [5.41, 5.74) is 0.875. The van der Waals surface area contributed by atoms with Crippen molar-refractivity contribution in [2.75, 3.05) is 0 Å². The topological polar surface area (TPSA) is 51.2 Å². The van der Waals surface area contributed by atoms with Crippen LogP contribution in [0.5, 0.6) is 0 Å². The molecule has 0 bridgehead atoms. The molecule has 0 amide bonds. The molecule has 0 radical (unpaired) electrons. The van der Waals surface area contributed by atoms with E-state index >= 15 is 0 Å². The van der Waals surface area contributed by atoms with Gasteiger partial charge >= 0.3 is 0 Å². The monoisotopic (exact) mass is 176 g/mol. The summed E-state index contributed by atoms with van der Waals surface area (Å²) in [7, 11) is 0. The van der Waals surface area contributed by atoms with E-state index in [4.69, 9.17) is 0 Å². The molecule has 2 aliphatic carbocycles. The largest absolute Gasteiger partial charge is 0.295 e. The Balaban J connectivity index is 2.49. The number of carbonyl (C=O) groups is 3. The SMILES string of the molecule is O=C1C=CC2=C(C1)C(=O)CCC2=O. The van der Waals surface area contributed by atoms with Gasteiger partial charge in [0.25, 0.3) is 0 Å². The van der Waals surface area contributed by atoms with Gasteiger partial charge in [-0.2, -0.15) is 0 Å². The fraction of sp³-hybridized carbons (Fsp3) is 0.300. The number of allylic oxidation sites excluding steroid dienone is 4. The van der Waals surface area contributed by atoms with Crippen LogP contribution in [0.2, 0.25) is 0 Å². The first kappa shape index (κ1) is 8.10. The Labute approximate surface area is 75.1 Å². The second-order valence-corrected chi connectivity index (χ2v) is 3.22. The first-order valence-electron chi connectivity index (χ1n) is 4.19. The van der Waals surface area contributed by atoms with Gasteiger partial charge in [0, 0.05) is 30.4 Å². The third-order valence-corrected chi connectivity index (χ3v) is 2.33. The van der Waals surface area contributed by atoms with E-state index in [1.54, 1.807) is 0 Å². The minimum atomic E-state index is -0.0956. The maximum Gasteiger partial charge on any atom is 0.163 e. The van der Waals surface area contributed by atoms with Crippen molar-refractivity contribution in [2.45, 2.75) is 19.3 Å². The molecule has 3 heteroatoms. The molecule has 0 unspecified atom stereocenters. The predicted octanol–water partition coefficient (Wildman–Crippen LogP) is 0.744. The predicted molar refractivity (Wildman–Crippen MR) is 45.0 cm³/mol. The van der Waals surface area contributed by atoms with E-state index in [0.717, 1.165) is 0 Å². The summed E-state index contributed by atoms with van der Waals surface area (Å²) in [5.74, 6) is -0.160. The molecule has 0 atom stereocenters. The highest BCUT2D eigenvalue weighted by Gasteiger charge is 2.28. The van der Waals surface area contributed by atoms with Crippen molar-refractivity contribution in [3.63, 3.8) is 0 Å². The van der Waals surface area contributed by atoms with Crippen molar-refractivity contribution in [2.24, 2.45) is 0 Å². The highest BCUT2D eigenvalue weighted by Crippen LogP contribution is 2.25. The van der Waals surface area contributed by atoms with Gasteiger partial charge in [-0.1, -0.05) is 0 Å². The lowest BCUT2D eigenvalue weighted by Crippen LogP contribution is -2.22. The number of Topliss-reactive ketones (excluding diaryl/α,β-unsaturated/α-hetero) is 2. The van der Waals surface area contributed by atoms with E-state index < -0.39 is 0 Å². The molecule has 13 heavy (non-hydrogen) atoms. The average molecular weight is 176 g/mol. The first-order valence-corrected chi connectivity index (χ1v) is 4.19. The molecule has 0 saturated heterocycles. The number of hydrogen-bond acceptors (Lipinski definition) is 3. The lowest BCUT2D eigenvalue weighted by atomic mass is 9.84. The fourth-order valence-corrected chi connectivity index (χ4v) is 1.63. The van der Waals surface area contributed by atoms with E-state index in [1.165, 1.54) is 12.2 Å². The number of carbonyl (C=O) groups excluding carboxylic acids is 3. The van der Waals surface area contributed by atoms with E-state index in [2.05, 4.69) is 0 Å². The molecule has 0 aromatic rings. The minimum absolute atomic E-state index is 0.0154. The molecular formula is C10H8O3. The number of ketones is 3. The Hall–Kier alpha value is -1.51. The zero-order valence-corrected chi connectivity index (χ0v) is 7.00. The highest BCUT2D eigenvalue weighted by molar-refractivity contribution is 6.17. The molecule has 0 fully saturated rings. The van der Waals surface area contributed by atoms with Crippen LogP contribution < -0.4 is 0 Å². The van der Waals surface area contributed by atoms with Crippen LogP contribution in [0.1, 0.15) is 19.3 Å². The molecule has 66 valence electrons. The van der Waals surface area contributed by atoms with E-state index in [0.29, 0.717) is 11.1 Å². The van der Waals surface area contributed by atoms with Crippen LogP contribution in [0.3, 0.4) is 0 Å². The minimum Gasteiger partial charge on any atom is -0.295 e. The Morgan fingerprint density at radius 3 is 2.38 bits per heavy atom. The quantitative estimate of drug-likeness (QED) is 0.547. The standard InChI is InChI=1S/C10H8O3/c11-6-1-2-7-8(5-6)10(13)4-3-9(7)12/h1-2H,3-5H2. The lowest BCUT2D eigenvalue weighted by molar-refractivity contribution is -0.123. The summed E-state index contributed by atoms with van der Waals surface area (Å²) >= 11 is 0. The van der Waals surface area contributed by atoms with Crippen molar-refractivity contribution < 1.29 is 14.4 Å². The summed E-state index contributed by atoms with van der Waals surface area (Å²) in [6.07, 6.45) is 3.50. The van der Waals surface area contributed by atoms with Gasteiger partial charge in [-0.05, 0) is 12.2 Å². The van der Waals surface area contributed by atoms with Crippen LogP contribution in [0.25, 0.3) is 0 Å². The maximum absolute atomic E-state index is 11.3. The maximum atomic E-state index is 11.3. The number of rotatable bonds is 0. The summed E-state index contributed by atoms with van der Waals surface area (Å²) in [5, 5.41) is 0. The molecular weight excluding hydrogens is 168 g/mol. The second-order valence-electron chi connectivity index (χ2n) is 3.22. The summed E-state index contributed by atoms with van der Waals surface area (Å²) in [6.45, 7) is 0. The van der Waals surface area contributed by atoms with Gasteiger partial charge in [0.05, 0.1) is 0 Å². The van der Waals surface area contributed by atoms with Crippen LogP contribution in [0.4, 0.5) is 0 Å². The second kappa shape index (κ2) is 2.76. The van der Waals surface area contributed by atoms with E-state index in [9.17, 15) is 14.4 Å². The third-order valence-electron chi connectivity index (χ3n) is 2.33. The highest BCUT2D eigenvalue weighted by atomic mass is 16.1. The molecule has 0 saturated carbocycles. The Morgan fingerprint density at radius 1 is 0.923 bits per heavy atom. The van der Waals surface area contributed by atoms with Crippen LogP contribution in [0, 0.1) is 0 Å². The molecule has 0 aliphatic heterocycles. The summed E-state index contributed by atoms with van der Waals surface area (Å²) < 4.78 is 0. The van der Waals surface area contributed by atoms with Gasteiger partial charge in [-0.15, -0.1) is 0 Å². The van der Waals surface area contributed by atoms with Crippen molar-refractivity contribution >= 4 is 17.3 Å². The zero-order valence-electron chi connectivity index (χ0n) is 7.00. The molecule has 2 aliphatic rings. The van der Waals surface area contributed by atoms with Gasteiger partial charge < -0.3 is 0 Å². The normalized spacial score (nSPS) is 22.3. The van der Waals surface area contributed by atoms with Crippen molar-refractivity contribution in [3.05, 3.63) is 23.3 Å². The smallest absolute Gasteiger partial charge is 0.163 e. The number of hydrogen-bond donors (Lipinski definition) is 0. The first-order chi connectivity index (χ1) is 6.18. The summed E-state index contributed by atoms with van der Waals surface area (Å²) in [6, 6.07) is 0. The van der Waals surface area contributed by atoms with E-state index in [-0.39, 0.29) is 36.6 Å². The van der Waals surface area contributed by atoms with Crippen molar-refractivity contribution in [3.8, 4) is 0 Å². The lowest BCUT2D eigenvalue weighted by Gasteiger charge is -2.17. The molecule has 0 aromatic heterocycles. The molecule has 2 rings (SSSR count). The molecule has 0 heterocycles. The van der Waals surface area contributed by atoms with Gasteiger partial charge in [-0.3, -0.25) is 14.4 Å². The van der Waals surface area contributed by atoms with Crippen LogP contribution in [-0.4, -0.2) is 17.3 Å².